The van der Waals surface area contributed by atoms with Gasteiger partial charge in [-0.25, -0.2) is 4.39 Å². The predicted octanol–water partition coefficient (Wildman–Crippen LogP) is 2.04. The summed E-state index contributed by atoms with van der Waals surface area (Å²) in [6, 6.07) is 4.60. The van der Waals surface area contributed by atoms with E-state index in [9.17, 15) is 4.39 Å². The minimum absolute atomic E-state index is 0.169. The van der Waals surface area contributed by atoms with Crippen LogP contribution in [0.5, 0.6) is 5.75 Å². The first-order valence-electron chi connectivity index (χ1n) is 4.34. The maximum Gasteiger partial charge on any atom is 0.143 e. The molecule has 0 amide bonds. The van der Waals surface area contributed by atoms with Crippen LogP contribution in [0.25, 0.3) is 0 Å². The zero-order valence-electron chi connectivity index (χ0n) is 7.75. The third-order valence-electron chi connectivity index (χ3n) is 2.19. The lowest BCUT2D eigenvalue weighted by molar-refractivity contribution is 0.215. The second-order valence-electron chi connectivity index (χ2n) is 3.42. The van der Waals surface area contributed by atoms with E-state index < -0.39 is 0 Å². The fraction of sp³-hybridized carbons (Fsp3) is 0.400. The molecule has 3 heteroatoms. The minimum atomic E-state index is -0.219. The summed E-state index contributed by atoms with van der Waals surface area (Å²) < 4.78 is 18.4. The third kappa shape index (κ3) is 1.46. The van der Waals surface area contributed by atoms with Crippen molar-refractivity contribution in [1.82, 2.24) is 0 Å². The average Bonchev–Trinajstić information content (AvgIpc) is 2.06. The molecule has 0 saturated heterocycles. The molecule has 13 heavy (non-hydrogen) atoms. The van der Waals surface area contributed by atoms with Crippen molar-refractivity contribution in [1.29, 1.82) is 0 Å². The van der Waals surface area contributed by atoms with Crippen molar-refractivity contribution in [2.24, 2.45) is 0 Å². The van der Waals surface area contributed by atoms with Gasteiger partial charge in [-0.3, -0.25) is 0 Å². The predicted molar refractivity (Wildman–Crippen MR) is 49.8 cm³/mol. The van der Waals surface area contributed by atoms with Crippen molar-refractivity contribution < 1.29 is 9.13 Å². The molecule has 2 rings (SSSR count). The van der Waals surface area contributed by atoms with E-state index in [0.29, 0.717) is 0 Å². The molecule has 0 bridgehead atoms. The number of nitrogens with zero attached hydrogens (tertiary/aromatic N) is 1. The van der Waals surface area contributed by atoms with Gasteiger partial charge in [-0.05, 0) is 19.1 Å². The zero-order chi connectivity index (χ0) is 9.42. The standard InChI is InChI=1S/C10H12FNO/c1-7-6-12(2)9-5-8(11)3-4-10(9)13-7/h3-5,7H,6H2,1-2H3. The van der Waals surface area contributed by atoms with Gasteiger partial charge < -0.3 is 9.64 Å². The second kappa shape index (κ2) is 2.91. The Morgan fingerprint density at radius 1 is 1.54 bits per heavy atom. The quantitative estimate of drug-likeness (QED) is 0.607. The number of hydrogen-bond acceptors (Lipinski definition) is 2. The summed E-state index contributed by atoms with van der Waals surface area (Å²) in [5.41, 5.74) is 0.832. The smallest absolute Gasteiger partial charge is 0.143 e. The molecule has 1 heterocycles. The Labute approximate surface area is 76.9 Å². The highest BCUT2D eigenvalue weighted by atomic mass is 19.1. The van der Waals surface area contributed by atoms with E-state index >= 15 is 0 Å². The summed E-state index contributed by atoms with van der Waals surface area (Å²) in [6.07, 6.45) is 0.169. The number of halogens is 1. The molecule has 1 atom stereocenters. The van der Waals surface area contributed by atoms with Gasteiger partial charge in [0.05, 0.1) is 12.2 Å². The molecular weight excluding hydrogens is 169 g/mol. The SMILES string of the molecule is CC1CN(C)c2cc(F)ccc2O1. The Morgan fingerprint density at radius 2 is 2.31 bits per heavy atom. The van der Waals surface area contributed by atoms with Crippen molar-refractivity contribution in [2.75, 3.05) is 18.5 Å². The van der Waals surface area contributed by atoms with Crippen molar-refractivity contribution in [3.63, 3.8) is 0 Å². The van der Waals surface area contributed by atoms with Crippen molar-refractivity contribution in [3.05, 3.63) is 24.0 Å². The Balaban J connectivity index is 2.43. The highest BCUT2D eigenvalue weighted by molar-refractivity contribution is 5.59. The lowest BCUT2D eigenvalue weighted by atomic mass is 10.2. The molecule has 0 aromatic heterocycles. The van der Waals surface area contributed by atoms with E-state index in [2.05, 4.69) is 0 Å². The van der Waals surface area contributed by atoms with Crippen LogP contribution in [0.3, 0.4) is 0 Å². The van der Waals surface area contributed by atoms with Crippen LogP contribution in [0.15, 0.2) is 18.2 Å². The van der Waals surface area contributed by atoms with Gasteiger partial charge >= 0.3 is 0 Å². The van der Waals surface area contributed by atoms with Gasteiger partial charge in [-0.15, -0.1) is 0 Å². The van der Waals surface area contributed by atoms with Crippen LogP contribution in [-0.4, -0.2) is 19.7 Å². The second-order valence-corrected chi connectivity index (χ2v) is 3.42. The van der Waals surface area contributed by atoms with Crippen molar-refractivity contribution in [3.8, 4) is 5.75 Å². The Bertz CT molecular complexity index is 327. The lowest BCUT2D eigenvalue weighted by Gasteiger charge is -2.31. The third-order valence-corrected chi connectivity index (χ3v) is 2.19. The van der Waals surface area contributed by atoms with Crippen LogP contribution in [0.1, 0.15) is 6.92 Å². The summed E-state index contributed by atoms with van der Waals surface area (Å²) in [5.74, 6) is 0.548. The molecule has 0 saturated carbocycles. The number of hydrogen-bond donors (Lipinski definition) is 0. The van der Waals surface area contributed by atoms with E-state index in [1.54, 1.807) is 6.07 Å². The first-order chi connectivity index (χ1) is 6.16. The van der Waals surface area contributed by atoms with Gasteiger partial charge in [-0.2, -0.15) is 0 Å². The first-order valence-corrected chi connectivity index (χ1v) is 4.34. The Hall–Kier alpha value is -1.25. The lowest BCUT2D eigenvalue weighted by Crippen LogP contribution is -2.35. The van der Waals surface area contributed by atoms with E-state index in [1.165, 1.54) is 12.1 Å². The molecule has 0 spiro atoms. The summed E-state index contributed by atoms with van der Waals surface area (Å²) >= 11 is 0. The fourth-order valence-electron chi connectivity index (χ4n) is 1.63. The van der Waals surface area contributed by atoms with E-state index in [0.717, 1.165) is 18.0 Å². The van der Waals surface area contributed by atoms with Crippen LogP contribution in [0, 0.1) is 5.82 Å². The first kappa shape index (κ1) is 8.35. The molecule has 1 aromatic carbocycles. The molecular formula is C10H12FNO. The van der Waals surface area contributed by atoms with Gasteiger partial charge in [0, 0.05) is 13.1 Å². The summed E-state index contributed by atoms with van der Waals surface area (Å²) in [5, 5.41) is 0. The number of ether oxygens (including phenoxy) is 1. The summed E-state index contributed by atoms with van der Waals surface area (Å²) in [7, 11) is 1.94. The molecule has 1 unspecified atom stereocenters. The number of benzene rings is 1. The molecule has 1 aromatic rings. The maximum atomic E-state index is 12.9. The van der Waals surface area contributed by atoms with Crippen molar-refractivity contribution in [2.45, 2.75) is 13.0 Å². The van der Waals surface area contributed by atoms with Crippen molar-refractivity contribution >= 4 is 5.69 Å². The van der Waals surface area contributed by atoms with E-state index in [4.69, 9.17) is 4.74 Å². The van der Waals surface area contributed by atoms with Crippen LogP contribution in [-0.2, 0) is 0 Å². The fourth-order valence-corrected chi connectivity index (χ4v) is 1.63. The highest BCUT2D eigenvalue weighted by Crippen LogP contribution is 2.32. The van der Waals surface area contributed by atoms with Gasteiger partial charge in [0.25, 0.3) is 0 Å². The normalized spacial score (nSPS) is 20.8. The van der Waals surface area contributed by atoms with Crippen LogP contribution in [0.4, 0.5) is 10.1 Å². The molecule has 1 aliphatic heterocycles. The molecule has 1 aliphatic rings. The molecule has 0 aliphatic carbocycles. The van der Waals surface area contributed by atoms with E-state index in [-0.39, 0.29) is 11.9 Å². The van der Waals surface area contributed by atoms with Crippen LogP contribution in [0.2, 0.25) is 0 Å². The van der Waals surface area contributed by atoms with Gasteiger partial charge in [0.1, 0.15) is 17.7 Å². The van der Waals surface area contributed by atoms with Gasteiger partial charge in [0.15, 0.2) is 0 Å². The molecule has 0 N–H and O–H groups in total. The summed E-state index contributed by atoms with van der Waals surface area (Å²) in [4.78, 5) is 2.01. The molecule has 0 radical (unpaired) electrons. The average molecular weight is 181 g/mol. The van der Waals surface area contributed by atoms with Crippen LogP contribution >= 0.6 is 0 Å². The zero-order valence-corrected chi connectivity index (χ0v) is 7.75. The van der Waals surface area contributed by atoms with Gasteiger partial charge in [0.2, 0.25) is 0 Å². The highest BCUT2D eigenvalue weighted by Gasteiger charge is 2.20. The summed E-state index contributed by atoms with van der Waals surface area (Å²) in [6.45, 7) is 2.80. The minimum Gasteiger partial charge on any atom is -0.487 e. The van der Waals surface area contributed by atoms with Gasteiger partial charge in [-0.1, -0.05) is 0 Å². The Morgan fingerprint density at radius 3 is 3.08 bits per heavy atom. The largest absolute Gasteiger partial charge is 0.487 e. The number of likely N-dealkylation sites (N-methyl/N-ethyl adjacent to an activating group) is 1. The van der Waals surface area contributed by atoms with Crippen LogP contribution < -0.4 is 9.64 Å². The topological polar surface area (TPSA) is 12.5 Å². The maximum absolute atomic E-state index is 12.9. The number of rotatable bonds is 0. The number of fused-ring (bicyclic) bond motifs is 1. The van der Waals surface area contributed by atoms with E-state index in [1.807, 2.05) is 18.9 Å². The Kier molecular flexibility index (Phi) is 1.87. The number of anilines is 1. The monoisotopic (exact) mass is 181 g/mol. The molecule has 0 fully saturated rings. The molecule has 70 valence electrons. The molecule has 2 nitrogen and oxygen atoms in total.